The van der Waals surface area contributed by atoms with Gasteiger partial charge in [-0.3, -0.25) is 4.79 Å². The van der Waals surface area contributed by atoms with Gasteiger partial charge in [0, 0.05) is 11.8 Å². The van der Waals surface area contributed by atoms with E-state index in [4.69, 9.17) is 10.5 Å². The molecule has 10 heteroatoms. The number of hydrogen-bond donors (Lipinski definition) is 2. The summed E-state index contributed by atoms with van der Waals surface area (Å²) in [6.45, 7) is 0.658. The fourth-order valence-corrected chi connectivity index (χ4v) is 2.63. The van der Waals surface area contributed by atoms with E-state index in [0.29, 0.717) is 18.7 Å². The van der Waals surface area contributed by atoms with Crippen molar-refractivity contribution in [1.29, 1.82) is 0 Å². The third kappa shape index (κ3) is 6.52. The Hall–Kier alpha value is -1.84. The first-order chi connectivity index (χ1) is 11.4. The van der Waals surface area contributed by atoms with Gasteiger partial charge in [-0.2, -0.15) is 13.2 Å². The van der Waals surface area contributed by atoms with Crippen LogP contribution in [0.4, 0.5) is 13.2 Å². The Morgan fingerprint density at radius 3 is 2.80 bits per heavy atom. The zero-order chi connectivity index (χ0) is 17.6. The van der Waals surface area contributed by atoms with Gasteiger partial charge in [-0.05, 0) is 24.7 Å². The molecule has 0 radical (unpaired) electrons. The Balaban J connectivity index is 0.00000312. The SMILES string of the molecule is Cl.NCCc1nc(C(=O)NCCOc2cccc(C(F)(F)F)c2)cs1. The molecule has 0 aliphatic rings. The summed E-state index contributed by atoms with van der Waals surface area (Å²) in [5, 5.41) is 5.01. The van der Waals surface area contributed by atoms with Crippen molar-refractivity contribution in [2.45, 2.75) is 12.6 Å². The number of amides is 1. The van der Waals surface area contributed by atoms with Gasteiger partial charge >= 0.3 is 6.18 Å². The quantitative estimate of drug-likeness (QED) is 0.707. The van der Waals surface area contributed by atoms with E-state index in [9.17, 15) is 18.0 Å². The Morgan fingerprint density at radius 1 is 1.36 bits per heavy atom. The molecular formula is C15H17ClF3N3O2S. The summed E-state index contributed by atoms with van der Waals surface area (Å²) in [7, 11) is 0. The molecule has 0 atom stereocenters. The lowest BCUT2D eigenvalue weighted by Crippen LogP contribution is -2.28. The number of alkyl halides is 3. The molecule has 138 valence electrons. The number of aromatic nitrogens is 1. The molecule has 0 fully saturated rings. The maximum atomic E-state index is 12.6. The smallest absolute Gasteiger partial charge is 0.416 e. The van der Waals surface area contributed by atoms with Crippen molar-refractivity contribution in [3.63, 3.8) is 0 Å². The summed E-state index contributed by atoms with van der Waals surface area (Å²) in [5.41, 5.74) is 4.93. The zero-order valence-corrected chi connectivity index (χ0v) is 14.6. The normalized spacial score (nSPS) is 10.9. The van der Waals surface area contributed by atoms with Crippen LogP contribution in [0.1, 0.15) is 21.1 Å². The molecule has 0 unspecified atom stereocenters. The van der Waals surface area contributed by atoms with E-state index in [1.54, 1.807) is 5.38 Å². The Labute approximate surface area is 152 Å². The van der Waals surface area contributed by atoms with Crippen molar-refractivity contribution >= 4 is 29.7 Å². The van der Waals surface area contributed by atoms with Crippen LogP contribution >= 0.6 is 23.7 Å². The highest BCUT2D eigenvalue weighted by atomic mass is 35.5. The molecule has 0 bridgehead atoms. The molecule has 1 heterocycles. The number of nitrogens with two attached hydrogens (primary N) is 1. The maximum absolute atomic E-state index is 12.6. The molecular weight excluding hydrogens is 379 g/mol. The Morgan fingerprint density at radius 2 is 2.12 bits per heavy atom. The molecule has 0 saturated carbocycles. The minimum Gasteiger partial charge on any atom is -0.492 e. The molecule has 25 heavy (non-hydrogen) atoms. The third-order valence-corrected chi connectivity index (χ3v) is 3.87. The summed E-state index contributed by atoms with van der Waals surface area (Å²) in [5.74, 6) is -0.264. The molecule has 1 aromatic heterocycles. The molecule has 1 aromatic carbocycles. The summed E-state index contributed by atoms with van der Waals surface area (Å²) < 4.78 is 43.0. The number of thiazole rings is 1. The first kappa shape index (κ1) is 21.2. The van der Waals surface area contributed by atoms with Crippen molar-refractivity contribution in [3.8, 4) is 5.75 Å². The number of ether oxygens (including phenoxy) is 1. The standard InChI is InChI=1S/C15H16F3N3O2S.ClH/c16-15(17,18)10-2-1-3-11(8-10)23-7-6-20-14(22)12-9-24-13(21-12)4-5-19;/h1-3,8-9H,4-7,19H2,(H,20,22);1H. The molecule has 2 aromatic rings. The first-order valence-corrected chi connectivity index (χ1v) is 8.01. The zero-order valence-electron chi connectivity index (χ0n) is 13.0. The molecule has 5 nitrogen and oxygen atoms in total. The minimum atomic E-state index is -4.42. The Bertz CT molecular complexity index is 695. The van der Waals surface area contributed by atoms with Gasteiger partial charge < -0.3 is 15.8 Å². The van der Waals surface area contributed by atoms with Crippen LogP contribution in [-0.4, -0.2) is 30.6 Å². The van der Waals surface area contributed by atoms with E-state index in [0.717, 1.165) is 17.1 Å². The van der Waals surface area contributed by atoms with Crippen molar-refractivity contribution < 1.29 is 22.7 Å². The van der Waals surface area contributed by atoms with Gasteiger partial charge in [0.25, 0.3) is 5.91 Å². The van der Waals surface area contributed by atoms with Gasteiger partial charge in [0.2, 0.25) is 0 Å². The predicted octanol–water partition coefficient (Wildman–Crippen LogP) is 2.89. The number of nitrogens with zero attached hydrogens (tertiary/aromatic N) is 1. The van der Waals surface area contributed by atoms with E-state index in [-0.39, 0.29) is 37.2 Å². The number of halogens is 4. The second-order valence-corrected chi connectivity index (χ2v) is 5.74. The Kier molecular flexibility index (Phi) is 8.14. The number of benzene rings is 1. The fraction of sp³-hybridized carbons (Fsp3) is 0.333. The van der Waals surface area contributed by atoms with Crippen LogP contribution in [-0.2, 0) is 12.6 Å². The largest absolute Gasteiger partial charge is 0.492 e. The third-order valence-electron chi connectivity index (χ3n) is 2.96. The van der Waals surface area contributed by atoms with Crippen LogP contribution in [0.2, 0.25) is 0 Å². The summed E-state index contributed by atoms with van der Waals surface area (Å²) in [6, 6.07) is 4.58. The first-order valence-electron chi connectivity index (χ1n) is 7.13. The van der Waals surface area contributed by atoms with Crippen LogP contribution in [0.15, 0.2) is 29.6 Å². The number of carbonyl (C=O) groups is 1. The van der Waals surface area contributed by atoms with Gasteiger partial charge in [-0.15, -0.1) is 23.7 Å². The van der Waals surface area contributed by atoms with E-state index in [1.807, 2.05) is 0 Å². The van der Waals surface area contributed by atoms with Crippen molar-refractivity contribution in [2.24, 2.45) is 5.73 Å². The molecule has 0 spiro atoms. The molecule has 0 aliphatic carbocycles. The molecule has 2 rings (SSSR count). The number of rotatable bonds is 7. The van der Waals surface area contributed by atoms with Gasteiger partial charge in [0.15, 0.2) is 0 Å². The maximum Gasteiger partial charge on any atom is 0.416 e. The van der Waals surface area contributed by atoms with Crippen LogP contribution < -0.4 is 15.8 Å². The van der Waals surface area contributed by atoms with Gasteiger partial charge in [-0.1, -0.05) is 6.07 Å². The topological polar surface area (TPSA) is 77.2 Å². The van der Waals surface area contributed by atoms with Gasteiger partial charge in [0.1, 0.15) is 18.1 Å². The molecule has 0 saturated heterocycles. The van der Waals surface area contributed by atoms with Crippen LogP contribution in [0.25, 0.3) is 0 Å². The van der Waals surface area contributed by atoms with E-state index in [1.165, 1.54) is 23.5 Å². The lowest BCUT2D eigenvalue weighted by molar-refractivity contribution is -0.137. The average molecular weight is 396 g/mol. The molecule has 1 amide bonds. The van der Waals surface area contributed by atoms with Crippen LogP contribution in [0.5, 0.6) is 5.75 Å². The van der Waals surface area contributed by atoms with E-state index in [2.05, 4.69) is 10.3 Å². The predicted molar refractivity (Wildman–Crippen MR) is 91.4 cm³/mol. The number of hydrogen-bond acceptors (Lipinski definition) is 5. The molecule has 3 N–H and O–H groups in total. The van der Waals surface area contributed by atoms with E-state index >= 15 is 0 Å². The van der Waals surface area contributed by atoms with Crippen molar-refractivity contribution in [1.82, 2.24) is 10.3 Å². The lowest BCUT2D eigenvalue weighted by Gasteiger charge is -2.10. The second kappa shape index (κ2) is 9.59. The van der Waals surface area contributed by atoms with E-state index < -0.39 is 11.7 Å². The van der Waals surface area contributed by atoms with Crippen molar-refractivity contribution in [3.05, 3.63) is 45.9 Å². The highest BCUT2D eigenvalue weighted by Gasteiger charge is 2.30. The summed E-state index contributed by atoms with van der Waals surface area (Å²) >= 11 is 1.35. The average Bonchev–Trinajstić information content (AvgIpc) is 3.00. The van der Waals surface area contributed by atoms with Gasteiger partial charge in [0.05, 0.1) is 17.1 Å². The fourth-order valence-electron chi connectivity index (χ4n) is 1.84. The van der Waals surface area contributed by atoms with Crippen LogP contribution in [0, 0.1) is 0 Å². The highest BCUT2D eigenvalue weighted by molar-refractivity contribution is 7.09. The van der Waals surface area contributed by atoms with Gasteiger partial charge in [-0.25, -0.2) is 4.98 Å². The number of carbonyl (C=O) groups excluding carboxylic acids is 1. The highest BCUT2D eigenvalue weighted by Crippen LogP contribution is 2.31. The van der Waals surface area contributed by atoms with Crippen LogP contribution in [0.3, 0.4) is 0 Å². The van der Waals surface area contributed by atoms with Crippen molar-refractivity contribution in [2.75, 3.05) is 19.7 Å². The summed E-state index contributed by atoms with van der Waals surface area (Å²) in [4.78, 5) is 16.0. The monoisotopic (exact) mass is 395 g/mol. The summed E-state index contributed by atoms with van der Waals surface area (Å²) in [6.07, 6.45) is -3.81. The molecule has 0 aliphatic heterocycles. The number of nitrogens with one attached hydrogen (secondary N) is 1. The second-order valence-electron chi connectivity index (χ2n) is 4.80. The lowest BCUT2D eigenvalue weighted by atomic mass is 10.2. The minimum absolute atomic E-state index is 0.